The first kappa shape index (κ1) is 16.1. The van der Waals surface area contributed by atoms with E-state index in [2.05, 4.69) is 9.71 Å². The second kappa shape index (κ2) is 5.87. The highest BCUT2D eigenvalue weighted by atomic mass is 32.2. The molecule has 0 saturated heterocycles. The van der Waals surface area contributed by atoms with E-state index in [-0.39, 0.29) is 6.54 Å². The van der Waals surface area contributed by atoms with Gasteiger partial charge in [-0.2, -0.15) is 0 Å². The smallest absolute Gasteiger partial charge is 0.241 e. The molecule has 21 heavy (non-hydrogen) atoms. The Hall–Kier alpha value is -1.24. The first-order valence-electron chi connectivity index (χ1n) is 6.71. The number of aryl methyl sites for hydroxylation is 5. The van der Waals surface area contributed by atoms with Crippen LogP contribution in [0.1, 0.15) is 32.3 Å². The molecular formula is C15H20N2O2S2. The van der Waals surface area contributed by atoms with Crippen LogP contribution in [0.5, 0.6) is 0 Å². The Morgan fingerprint density at radius 2 is 1.67 bits per heavy atom. The van der Waals surface area contributed by atoms with Gasteiger partial charge < -0.3 is 0 Å². The molecule has 0 aliphatic carbocycles. The molecule has 1 aromatic carbocycles. The highest BCUT2D eigenvalue weighted by Gasteiger charge is 2.20. The summed E-state index contributed by atoms with van der Waals surface area (Å²) in [7, 11) is -3.52. The largest absolute Gasteiger partial charge is 0.245 e. The number of nitrogens with zero attached hydrogens (tertiary/aromatic N) is 1. The van der Waals surface area contributed by atoms with Crippen LogP contribution in [-0.2, 0) is 16.6 Å². The van der Waals surface area contributed by atoms with Crippen LogP contribution >= 0.6 is 11.3 Å². The van der Waals surface area contributed by atoms with Crippen LogP contribution in [0.3, 0.4) is 0 Å². The first-order chi connectivity index (χ1) is 9.70. The van der Waals surface area contributed by atoms with Crippen molar-refractivity contribution < 1.29 is 8.42 Å². The summed E-state index contributed by atoms with van der Waals surface area (Å²) in [5, 5.41) is 0.788. The molecule has 4 nitrogen and oxygen atoms in total. The van der Waals surface area contributed by atoms with Crippen molar-refractivity contribution in [3.63, 3.8) is 0 Å². The predicted octanol–water partition coefficient (Wildman–Crippen LogP) is 3.16. The highest BCUT2D eigenvalue weighted by Crippen LogP contribution is 2.22. The van der Waals surface area contributed by atoms with Crippen LogP contribution in [0.4, 0.5) is 0 Å². The zero-order valence-electron chi connectivity index (χ0n) is 12.9. The van der Waals surface area contributed by atoms with Crippen LogP contribution in [-0.4, -0.2) is 13.4 Å². The summed E-state index contributed by atoms with van der Waals surface area (Å²) >= 11 is 1.52. The molecule has 0 atom stereocenters. The maximum atomic E-state index is 12.5. The molecule has 0 radical (unpaired) electrons. The second-order valence-electron chi connectivity index (χ2n) is 5.30. The fraction of sp³-hybridized carbons (Fsp3) is 0.400. The molecular weight excluding hydrogens is 304 g/mol. The van der Waals surface area contributed by atoms with Gasteiger partial charge in [-0.1, -0.05) is 17.7 Å². The first-order valence-corrected chi connectivity index (χ1v) is 9.01. The minimum absolute atomic E-state index is 0.231. The van der Waals surface area contributed by atoms with E-state index in [4.69, 9.17) is 0 Å². The molecule has 0 bridgehead atoms. The lowest BCUT2D eigenvalue weighted by atomic mass is 10.1. The fourth-order valence-electron chi connectivity index (χ4n) is 2.43. The van der Waals surface area contributed by atoms with Crippen molar-refractivity contribution >= 4 is 21.4 Å². The molecule has 0 spiro atoms. The standard InChI is InChI=1S/C15H20N2O2S2/c1-9-6-10(2)15(11(3)7-9)21(18,19)16-8-14-17-12(4)13(5)20-14/h6-7,16H,8H2,1-5H3. The van der Waals surface area contributed by atoms with Gasteiger partial charge in [0.2, 0.25) is 10.0 Å². The van der Waals surface area contributed by atoms with E-state index in [9.17, 15) is 8.42 Å². The van der Waals surface area contributed by atoms with Gasteiger partial charge in [-0.25, -0.2) is 18.1 Å². The van der Waals surface area contributed by atoms with Gasteiger partial charge in [0.05, 0.1) is 17.1 Å². The average molecular weight is 324 g/mol. The van der Waals surface area contributed by atoms with Gasteiger partial charge in [0.25, 0.3) is 0 Å². The van der Waals surface area contributed by atoms with E-state index in [1.54, 1.807) is 0 Å². The Kier molecular flexibility index (Phi) is 4.51. The molecule has 0 amide bonds. The van der Waals surface area contributed by atoms with E-state index in [0.29, 0.717) is 4.90 Å². The number of nitrogens with one attached hydrogen (secondary N) is 1. The second-order valence-corrected chi connectivity index (χ2v) is 8.29. The van der Waals surface area contributed by atoms with Gasteiger partial charge in [-0.3, -0.25) is 0 Å². The molecule has 1 heterocycles. The molecule has 0 unspecified atom stereocenters. The minimum atomic E-state index is -3.52. The summed E-state index contributed by atoms with van der Waals surface area (Å²) < 4.78 is 27.7. The van der Waals surface area contributed by atoms with Crippen LogP contribution in [0.2, 0.25) is 0 Å². The van der Waals surface area contributed by atoms with Crippen molar-refractivity contribution in [2.45, 2.75) is 46.1 Å². The van der Waals surface area contributed by atoms with Gasteiger partial charge >= 0.3 is 0 Å². The fourth-order valence-corrected chi connectivity index (χ4v) is 4.84. The van der Waals surface area contributed by atoms with Crippen LogP contribution < -0.4 is 4.72 Å². The van der Waals surface area contributed by atoms with Gasteiger partial charge in [0.1, 0.15) is 5.01 Å². The van der Waals surface area contributed by atoms with Gasteiger partial charge in [0, 0.05) is 4.88 Å². The van der Waals surface area contributed by atoms with E-state index >= 15 is 0 Å². The Morgan fingerprint density at radius 3 is 2.14 bits per heavy atom. The van der Waals surface area contributed by atoms with Crippen molar-refractivity contribution in [1.82, 2.24) is 9.71 Å². The Labute approximate surface area is 130 Å². The van der Waals surface area contributed by atoms with Crippen molar-refractivity contribution in [3.05, 3.63) is 44.4 Å². The molecule has 114 valence electrons. The summed E-state index contributed by atoms with van der Waals surface area (Å²) in [5.74, 6) is 0. The molecule has 0 saturated carbocycles. The lowest BCUT2D eigenvalue weighted by Crippen LogP contribution is -2.24. The quantitative estimate of drug-likeness (QED) is 0.940. The molecule has 6 heteroatoms. The Morgan fingerprint density at radius 1 is 1.10 bits per heavy atom. The van der Waals surface area contributed by atoms with E-state index in [0.717, 1.165) is 32.3 Å². The van der Waals surface area contributed by atoms with Crippen LogP contribution in [0.15, 0.2) is 17.0 Å². The third-order valence-electron chi connectivity index (χ3n) is 3.36. The summed E-state index contributed by atoms with van der Waals surface area (Å²) in [6.45, 7) is 9.76. The maximum absolute atomic E-state index is 12.5. The topological polar surface area (TPSA) is 59.1 Å². The molecule has 0 aliphatic rings. The number of hydrogen-bond acceptors (Lipinski definition) is 4. The zero-order chi connectivity index (χ0) is 15.8. The number of hydrogen-bond donors (Lipinski definition) is 1. The molecule has 1 aromatic heterocycles. The average Bonchev–Trinajstić information content (AvgIpc) is 2.65. The number of aromatic nitrogens is 1. The van der Waals surface area contributed by atoms with Crippen molar-refractivity contribution in [2.75, 3.05) is 0 Å². The zero-order valence-corrected chi connectivity index (χ0v) is 14.6. The van der Waals surface area contributed by atoms with Crippen molar-refractivity contribution in [2.24, 2.45) is 0 Å². The lowest BCUT2D eigenvalue weighted by Gasteiger charge is -2.12. The van der Waals surface area contributed by atoms with Crippen molar-refractivity contribution in [1.29, 1.82) is 0 Å². The van der Waals surface area contributed by atoms with Gasteiger partial charge in [-0.05, 0) is 45.7 Å². The minimum Gasteiger partial charge on any atom is -0.245 e. The van der Waals surface area contributed by atoms with Crippen LogP contribution in [0, 0.1) is 34.6 Å². The van der Waals surface area contributed by atoms with Crippen LogP contribution in [0.25, 0.3) is 0 Å². The van der Waals surface area contributed by atoms with Gasteiger partial charge in [-0.15, -0.1) is 11.3 Å². The van der Waals surface area contributed by atoms with Crippen molar-refractivity contribution in [3.8, 4) is 0 Å². The third-order valence-corrected chi connectivity index (χ3v) is 6.14. The van der Waals surface area contributed by atoms with E-state index < -0.39 is 10.0 Å². The number of rotatable bonds is 4. The summed E-state index contributed by atoms with van der Waals surface area (Å²) in [6.07, 6.45) is 0. The third kappa shape index (κ3) is 3.51. The van der Waals surface area contributed by atoms with E-state index in [1.165, 1.54) is 11.3 Å². The number of thiazole rings is 1. The molecule has 0 aliphatic heterocycles. The van der Waals surface area contributed by atoms with Gasteiger partial charge in [0.15, 0.2) is 0 Å². The SMILES string of the molecule is Cc1cc(C)c(S(=O)(=O)NCc2nc(C)c(C)s2)c(C)c1. The monoisotopic (exact) mass is 324 g/mol. The summed E-state index contributed by atoms with van der Waals surface area (Å²) in [4.78, 5) is 5.85. The number of benzene rings is 1. The predicted molar refractivity (Wildman–Crippen MR) is 86.3 cm³/mol. The molecule has 2 aromatic rings. The summed E-state index contributed by atoms with van der Waals surface area (Å²) in [6, 6.07) is 3.78. The summed E-state index contributed by atoms with van der Waals surface area (Å²) in [5.41, 5.74) is 3.56. The Balaban J connectivity index is 2.27. The highest BCUT2D eigenvalue weighted by molar-refractivity contribution is 7.89. The molecule has 2 rings (SSSR count). The maximum Gasteiger partial charge on any atom is 0.241 e. The molecule has 0 fully saturated rings. The molecule has 1 N–H and O–H groups in total. The Bertz CT molecular complexity index is 734. The number of sulfonamides is 1. The lowest BCUT2D eigenvalue weighted by molar-refractivity contribution is 0.579. The normalized spacial score (nSPS) is 11.9. The van der Waals surface area contributed by atoms with E-state index in [1.807, 2.05) is 46.8 Å².